The molecule has 1 aliphatic rings. The summed E-state index contributed by atoms with van der Waals surface area (Å²) in [7, 11) is -4.01. The topological polar surface area (TPSA) is 66.5 Å². The third kappa shape index (κ3) is 3.61. The number of nitrogens with zero attached hydrogens (tertiary/aromatic N) is 1. The summed E-state index contributed by atoms with van der Waals surface area (Å²) < 4.78 is 54.3. The number of aryl methyl sites for hydroxylation is 1. The van der Waals surface area contributed by atoms with Gasteiger partial charge in [-0.15, -0.1) is 0 Å². The first-order chi connectivity index (χ1) is 12.3. The van der Waals surface area contributed by atoms with Gasteiger partial charge in [-0.1, -0.05) is 6.07 Å². The largest absolute Gasteiger partial charge is 0.319 e. The zero-order chi connectivity index (χ0) is 18.9. The predicted octanol–water partition coefficient (Wildman–Crippen LogP) is 3.31. The first-order valence-corrected chi connectivity index (χ1v) is 9.60. The van der Waals surface area contributed by atoms with Gasteiger partial charge in [0.15, 0.2) is 0 Å². The monoisotopic (exact) mass is 380 g/mol. The van der Waals surface area contributed by atoms with Gasteiger partial charge < -0.3 is 5.32 Å². The molecule has 26 heavy (non-hydrogen) atoms. The molecule has 0 saturated carbocycles. The molecule has 3 rings (SSSR count). The van der Waals surface area contributed by atoms with Crippen LogP contribution in [0.15, 0.2) is 41.3 Å². The van der Waals surface area contributed by atoms with Crippen LogP contribution in [0.5, 0.6) is 0 Å². The Hall–Kier alpha value is -2.32. The third-order valence-electron chi connectivity index (χ3n) is 4.25. The highest BCUT2D eigenvalue weighted by Gasteiger charge is 2.30. The van der Waals surface area contributed by atoms with Crippen molar-refractivity contribution in [3.63, 3.8) is 0 Å². The van der Waals surface area contributed by atoms with Crippen LogP contribution in [-0.2, 0) is 10.0 Å². The van der Waals surface area contributed by atoms with Gasteiger partial charge in [-0.05, 0) is 55.7 Å². The molecule has 1 saturated heterocycles. The van der Waals surface area contributed by atoms with Gasteiger partial charge in [-0.2, -0.15) is 4.31 Å². The molecule has 1 fully saturated rings. The number of rotatable bonds is 4. The quantitative estimate of drug-likeness (QED) is 0.885. The third-order valence-corrected chi connectivity index (χ3v) is 6.16. The first-order valence-electron chi connectivity index (χ1n) is 8.16. The maximum atomic E-state index is 14.1. The highest BCUT2D eigenvalue weighted by Crippen LogP contribution is 2.25. The van der Waals surface area contributed by atoms with Gasteiger partial charge in [0, 0.05) is 18.7 Å². The minimum absolute atomic E-state index is 0.0247. The molecule has 0 bridgehead atoms. The Balaban J connectivity index is 1.92. The Morgan fingerprint density at radius 2 is 1.69 bits per heavy atom. The second-order valence-electron chi connectivity index (χ2n) is 6.19. The zero-order valence-corrected chi connectivity index (χ0v) is 14.9. The number of hydrogen-bond donors (Lipinski definition) is 1. The average Bonchev–Trinajstić information content (AvgIpc) is 3.13. The van der Waals surface area contributed by atoms with Gasteiger partial charge in [-0.25, -0.2) is 17.2 Å². The van der Waals surface area contributed by atoms with E-state index in [4.69, 9.17) is 0 Å². The molecule has 0 aromatic heterocycles. The van der Waals surface area contributed by atoms with Gasteiger partial charge in [-0.3, -0.25) is 4.79 Å². The number of nitrogens with one attached hydrogen (secondary N) is 1. The van der Waals surface area contributed by atoms with Crippen molar-refractivity contribution in [3.05, 3.63) is 59.2 Å². The van der Waals surface area contributed by atoms with E-state index in [0.29, 0.717) is 25.9 Å². The second-order valence-corrected chi connectivity index (χ2v) is 8.10. The highest BCUT2D eigenvalue weighted by molar-refractivity contribution is 7.89. The summed E-state index contributed by atoms with van der Waals surface area (Å²) in [6, 6.07) is 7.33. The number of carbonyl (C=O) groups is 1. The molecule has 1 aliphatic heterocycles. The lowest BCUT2D eigenvalue weighted by Crippen LogP contribution is -2.29. The maximum Gasteiger partial charge on any atom is 0.255 e. The zero-order valence-electron chi connectivity index (χ0n) is 14.1. The number of halogens is 2. The van der Waals surface area contributed by atoms with Crippen LogP contribution in [0.4, 0.5) is 14.5 Å². The molecule has 8 heteroatoms. The van der Waals surface area contributed by atoms with Crippen LogP contribution in [0.25, 0.3) is 0 Å². The summed E-state index contributed by atoms with van der Waals surface area (Å²) in [5.41, 5.74) is 0.659. The summed E-state index contributed by atoms with van der Waals surface area (Å²) in [4.78, 5) is 11.8. The first kappa shape index (κ1) is 18.5. The van der Waals surface area contributed by atoms with E-state index >= 15 is 0 Å². The smallest absolute Gasteiger partial charge is 0.255 e. The lowest BCUT2D eigenvalue weighted by atomic mass is 10.2. The molecule has 138 valence electrons. The second kappa shape index (κ2) is 7.13. The van der Waals surface area contributed by atoms with Gasteiger partial charge in [0.1, 0.15) is 16.5 Å². The standard InChI is InChI=1S/C18H18F2N2O3S/c1-12-4-6-14(19)16(10-12)21-18(23)13-5-7-15(20)17(11-13)26(24,25)22-8-2-3-9-22/h4-7,10-11H,2-3,8-9H2,1H3,(H,21,23). The van der Waals surface area contributed by atoms with Crippen LogP contribution in [0, 0.1) is 18.6 Å². The predicted molar refractivity (Wildman–Crippen MR) is 93.5 cm³/mol. The van der Waals surface area contributed by atoms with Crippen molar-refractivity contribution in [1.29, 1.82) is 0 Å². The van der Waals surface area contributed by atoms with E-state index in [1.807, 2.05) is 0 Å². The number of benzene rings is 2. The summed E-state index contributed by atoms with van der Waals surface area (Å²) in [5, 5.41) is 2.39. The fraction of sp³-hybridized carbons (Fsp3) is 0.278. The molecular weight excluding hydrogens is 362 g/mol. The Kier molecular flexibility index (Phi) is 5.06. The lowest BCUT2D eigenvalue weighted by Gasteiger charge is -2.16. The van der Waals surface area contributed by atoms with Gasteiger partial charge in [0.25, 0.3) is 5.91 Å². The van der Waals surface area contributed by atoms with E-state index < -0.39 is 32.5 Å². The van der Waals surface area contributed by atoms with E-state index in [9.17, 15) is 22.0 Å². The van der Waals surface area contributed by atoms with Crippen LogP contribution >= 0.6 is 0 Å². The number of carbonyl (C=O) groups excluding carboxylic acids is 1. The van der Waals surface area contributed by atoms with Crippen LogP contribution in [-0.4, -0.2) is 31.7 Å². The summed E-state index contributed by atoms with van der Waals surface area (Å²) >= 11 is 0. The number of anilines is 1. The minimum Gasteiger partial charge on any atom is -0.319 e. The van der Waals surface area contributed by atoms with Crippen molar-refractivity contribution in [2.75, 3.05) is 18.4 Å². The summed E-state index contributed by atoms with van der Waals surface area (Å²) in [6.45, 7) is 2.40. The minimum atomic E-state index is -4.01. The van der Waals surface area contributed by atoms with Crippen molar-refractivity contribution < 1.29 is 22.0 Å². The van der Waals surface area contributed by atoms with Crippen molar-refractivity contribution in [3.8, 4) is 0 Å². The van der Waals surface area contributed by atoms with Gasteiger partial charge in [0.2, 0.25) is 10.0 Å². The Labute approximate surface area is 150 Å². The molecule has 1 amide bonds. The fourth-order valence-electron chi connectivity index (χ4n) is 2.84. The Morgan fingerprint density at radius 1 is 1.04 bits per heavy atom. The van der Waals surface area contributed by atoms with Crippen LogP contribution in [0.3, 0.4) is 0 Å². The molecule has 1 heterocycles. The molecule has 0 radical (unpaired) electrons. The summed E-state index contributed by atoms with van der Waals surface area (Å²) in [5.74, 6) is -2.25. The normalized spacial score (nSPS) is 15.2. The van der Waals surface area contributed by atoms with Crippen molar-refractivity contribution in [2.45, 2.75) is 24.7 Å². The molecule has 1 N–H and O–H groups in total. The molecule has 0 spiro atoms. The Morgan fingerprint density at radius 3 is 2.38 bits per heavy atom. The fourth-order valence-corrected chi connectivity index (χ4v) is 4.45. The summed E-state index contributed by atoms with van der Waals surface area (Å²) in [6.07, 6.45) is 1.43. The van der Waals surface area contributed by atoms with Crippen LogP contribution in [0.1, 0.15) is 28.8 Å². The average molecular weight is 380 g/mol. The van der Waals surface area contributed by atoms with Crippen molar-refractivity contribution >= 4 is 21.6 Å². The molecule has 2 aromatic carbocycles. The SMILES string of the molecule is Cc1ccc(F)c(NC(=O)c2ccc(F)c(S(=O)(=O)N3CCCC3)c2)c1. The van der Waals surface area contributed by atoms with Gasteiger partial charge in [0.05, 0.1) is 5.69 Å². The van der Waals surface area contributed by atoms with Gasteiger partial charge >= 0.3 is 0 Å². The van der Waals surface area contributed by atoms with E-state index in [1.165, 1.54) is 22.5 Å². The van der Waals surface area contributed by atoms with Crippen LogP contribution < -0.4 is 5.32 Å². The molecule has 5 nitrogen and oxygen atoms in total. The molecule has 2 aromatic rings. The molecule has 0 aliphatic carbocycles. The van der Waals surface area contributed by atoms with Crippen LogP contribution in [0.2, 0.25) is 0 Å². The molecule has 0 unspecified atom stereocenters. The van der Waals surface area contributed by atoms with Crippen molar-refractivity contribution in [2.24, 2.45) is 0 Å². The number of amides is 1. The van der Waals surface area contributed by atoms with E-state index in [-0.39, 0.29) is 11.3 Å². The maximum absolute atomic E-state index is 14.1. The lowest BCUT2D eigenvalue weighted by molar-refractivity contribution is 0.102. The molecule has 0 atom stereocenters. The number of hydrogen-bond acceptors (Lipinski definition) is 3. The molecular formula is C18H18F2N2O3S. The Bertz CT molecular complexity index is 955. The highest BCUT2D eigenvalue weighted by atomic mass is 32.2. The number of sulfonamides is 1. The van der Waals surface area contributed by atoms with Crippen molar-refractivity contribution in [1.82, 2.24) is 4.31 Å². The van der Waals surface area contributed by atoms with E-state index in [2.05, 4.69) is 5.32 Å². The van der Waals surface area contributed by atoms with E-state index in [0.717, 1.165) is 17.7 Å². The van der Waals surface area contributed by atoms with E-state index in [1.54, 1.807) is 13.0 Å².